The lowest BCUT2D eigenvalue weighted by molar-refractivity contribution is 1.02. The van der Waals surface area contributed by atoms with Crippen LogP contribution < -0.4 is 0 Å². The molecule has 0 aliphatic carbocycles. The maximum absolute atomic E-state index is 4.33. The van der Waals surface area contributed by atoms with Crippen molar-refractivity contribution >= 4 is 11.9 Å². The average Bonchev–Trinajstić information content (AvgIpc) is 2.55. The van der Waals surface area contributed by atoms with Gasteiger partial charge in [0.05, 0.1) is 5.69 Å². The average molecular weight is 262 g/mol. The summed E-state index contributed by atoms with van der Waals surface area (Å²) < 4.78 is 0. The molecule has 0 unspecified atom stereocenters. The second kappa shape index (κ2) is 5.75. The van der Waals surface area contributed by atoms with E-state index in [1.807, 2.05) is 36.4 Å². The van der Waals surface area contributed by atoms with Gasteiger partial charge in [0.15, 0.2) is 0 Å². The number of hydrogen-bond donors (Lipinski definition) is 0. The van der Waals surface area contributed by atoms with Gasteiger partial charge in [-0.05, 0) is 12.1 Å². The van der Waals surface area contributed by atoms with Gasteiger partial charge >= 0.3 is 0 Å². The van der Waals surface area contributed by atoms with Crippen LogP contribution in [0.5, 0.6) is 0 Å². The first-order chi connectivity index (χ1) is 9.92. The maximum Gasteiger partial charge on any atom is 0.269 e. The van der Waals surface area contributed by atoms with Crippen molar-refractivity contribution in [2.24, 2.45) is 10.2 Å². The maximum atomic E-state index is 4.33. The van der Waals surface area contributed by atoms with Crippen LogP contribution in [-0.4, -0.2) is 19.9 Å². The van der Waals surface area contributed by atoms with Crippen molar-refractivity contribution in [3.63, 3.8) is 0 Å². The monoisotopic (exact) mass is 262 g/mol. The molecule has 2 heterocycles. The van der Waals surface area contributed by atoms with E-state index in [4.69, 9.17) is 0 Å². The van der Waals surface area contributed by atoms with Gasteiger partial charge in [-0.25, -0.2) is 19.9 Å². The Hall–Kier alpha value is -3.02. The molecule has 0 bridgehead atoms. The van der Waals surface area contributed by atoms with Crippen LogP contribution in [0.15, 0.2) is 71.3 Å². The van der Waals surface area contributed by atoms with Crippen LogP contribution in [-0.2, 0) is 0 Å². The molecule has 3 aromatic rings. The van der Waals surface area contributed by atoms with Crippen molar-refractivity contribution in [2.45, 2.75) is 0 Å². The zero-order valence-electron chi connectivity index (χ0n) is 10.5. The lowest BCUT2D eigenvalue weighted by Gasteiger charge is -1.99. The van der Waals surface area contributed by atoms with E-state index in [2.05, 4.69) is 30.2 Å². The van der Waals surface area contributed by atoms with Gasteiger partial charge in [0.25, 0.3) is 11.9 Å². The summed E-state index contributed by atoms with van der Waals surface area (Å²) in [5.74, 6) is 0.556. The minimum Gasteiger partial charge on any atom is -0.218 e. The molecule has 6 nitrogen and oxygen atoms in total. The topological polar surface area (TPSA) is 76.3 Å². The summed E-state index contributed by atoms with van der Waals surface area (Å²) in [7, 11) is 0. The predicted molar refractivity (Wildman–Crippen MR) is 73.7 cm³/mol. The Bertz CT molecular complexity index is 712. The van der Waals surface area contributed by atoms with Gasteiger partial charge in [-0.1, -0.05) is 30.3 Å². The number of benzene rings is 1. The van der Waals surface area contributed by atoms with Crippen molar-refractivity contribution in [2.75, 3.05) is 0 Å². The molecule has 0 N–H and O–H groups in total. The molecule has 96 valence electrons. The van der Waals surface area contributed by atoms with Gasteiger partial charge in [0, 0.05) is 24.2 Å². The first kappa shape index (κ1) is 12.0. The lowest BCUT2D eigenvalue weighted by atomic mass is 10.1. The first-order valence-electron chi connectivity index (χ1n) is 5.99. The standard InChI is InChI=1S/C14H10N6/c1-2-5-11(6-3-1)12-7-10-17-14(18-12)20-19-13-15-8-4-9-16-13/h1-10H. The number of nitrogens with zero attached hydrogens (tertiary/aromatic N) is 6. The fraction of sp³-hybridized carbons (Fsp3) is 0. The van der Waals surface area contributed by atoms with Crippen molar-refractivity contribution in [1.82, 2.24) is 19.9 Å². The molecule has 0 aliphatic heterocycles. The van der Waals surface area contributed by atoms with Crippen LogP contribution in [0.3, 0.4) is 0 Å². The van der Waals surface area contributed by atoms with Crippen LogP contribution in [0, 0.1) is 0 Å². The Kier molecular flexibility index (Phi) is 3.46. The van der Waals surface area contributed by atoms with Gasteiger partial charge < -0.3 is 0 Å². The summed E-state index contributed by atoms with van der Waals surface area (Å²) in [6.45, 7) is 0. The summed E-state index contributed by atoms with van der Waals surface area (Å²) in [5.41, 5.74) is 1.80. The number of rotatable bonds is 3. The molecular weight excluding hydrogens is 252 g/mol. The predicted octanol–water partition coefficient (Wildman–Crippen LogP) is 3.35. The highest BCUT2D eigenvalue weighted by atomic mass is 15.2. The number of aromatic nitrogens is 4. The van der Waals surface area contributed by atoms with Crippen LogP contribution in [0.4, 0.5) is 11.9 Å². The Balaban J connectivity index is 1.87. The second-order valence-corrected chi connectivity index (χ2v) is 3.86. The van der Waals surface area contributed by atoms with Gasteiger partial charge in [0.2, 0.25) is 0 Å². The summed E-state index contributed by atoms with van der Waals surface area (Å²) in [5, 5.41) is 7.83. The fourth-order valence-electron chi connectivity index (χ4n) is 1.60. The smallest absolute Gasteiger partial charge is 0.218 e. The molecule has 20 heavy (non-hydrogen) atoms. The zero-order valence-corrected chi connectivity index (χ0v) is 10.5. The van der Waals surface area contributed by atoms with Crippen LogP contribution in [0.1, 0.15) is 0 Å². The van der Waals surface area contributed by atoms with E-state index in [1.165, 1.54) is 0 Å². The Morgan fingerprint density at radius 1 is 0.650 bits per heavy atom. The van der Waals surface area contributed by atoms with Crippen molar-refractivity contribution in [3.8, 4) is 11.3 Å². The normalized spacial score (nSPS) is 10.8. The zero-order chi connectivity index (χ0) is 13.6. The SMILES string of the molecule is c1ccc(-c2ccnc(N=Nc3ncccn3)n2)cc1. The molecule has 0 radical (unpaired) electrons. The van der Waals surface area contributed by atoms with Gasteiger partial charge in [-0.3, -0.25) is 0 Å². The van der Waals surface area contributed by atoms with E-state index >= 15 is 0 Å². The van der Waals surface area contributed by atoms with E-state index in [1.54, 1.807) is 24.7 Å². The van der Waals surface area contributed by atoms with E-state index in [0.29, 0.717) is 0 Å². The minimum atomic E-state index is 0.277. The molecule has 0 amide bonds. The quantitative estimate of drug-likeness (QED) is 0.678. The van der Waals surface area contributed by atoms with E-state index < -0.39 is 0 Å². The highest BCUT2D eigenvalue weighted by Crippen LogP contribution is 2.18. The molecule has 0 spiro atoms. The van der Waals surface area contributed by atoms with Crippen molar-refractivity contribution in [3.05, 3.63) is 61.1 Å². The summed E-state index contributed by atoms with van der Waals surface area (Å²) in [4.78, 5) is 16.3. The van der Waals surface area contributed by atoms with Gasteiger partial charge in [0.1, 0.15) is 0 Å². The molecule has 0 fully saturated rings. The van der Waals surface area contributed by atoms with Crippen molar-refractivity contribution < 1.29 is 0 Å². The highest BCUT2D eigenvalue weighted by Gasteiger charge is 2.01. The third-order valence-corrected chi connectivity index (χ3v) is 2.49. The number of hydrogen-bond acceptors (Lipinski definition) is 6. The molecular formula is C14H10N6. The van der Waals surface area contributed by atoms with Crippen LogP contribution >= 0.6 is 0 Å². The molecule has 2 aromatic heterocycles. The Labute approximate surface area is 115 Å². The lowest BCUT2D eigenvalue weighted by Crippen LogP contribution is -1.85. The summed E-state index contributed by atoms with van der Waals surface area (Å²) >= 11 is 0. The van der Waals surface area contributed by atoms with E-state index in [0.717, 1.165) is 11.3 Å². The molecule has 3 rings (SSSR count). The third-order valence-electron chi connectivity index (χ3n) is 2.49. The van der Waals surface area contributed by atoms with Gasteiger partial charge in [-0.15, -0.1) is 10.2 Å². The van der Waals surface area contributed by atoms with E-state index in [-0.39, 0.29) is 11.9 Å². The molecule has 0 atom stereocenters. The third kappa shape index (κ3) is 2.86. The molecule has 6 heteroatoms. The number of azo groups is 1. The first-order valence-corrected chi connectivity index (χ1v) is 5.99. The minimum absolute atomic E-state index is 0.277. The molecule has 0 aliphatic rings. The summed E-state index contributed by atoms with van der Waals surface area (Å²) in [6, 6.07) is 13.4. The fourth-order valence-corrected chi connectivity index (χ4v) is 1.60. The second-order valence-electron chi connectivity index (χ2n) is 3.86. The Morgan fingerprint density at radius 3 is 2.15 bits per heavy atom. The van der Waals surface area contributed by atoms with E-state index in [9.17, 15) is 0 Å². The Morgan fingerprint density at radius 2 is 1.35 bits per heavy atom. The van der Waals surface area contributed by atoms with Gasteiger partial charge in [-0.2, -0.15) is 0 Å². The molecule has 0 saturated heterocycles. The molecule has 1 aromatic carbocycles. The molecule has 0 saturated carbocycles. The highest BCUT2D eigenvalue weighted by molar-refractivity contribution is 5.59. The van der Waals surface area contributed by atoms with Crippen LogP contribution in [0.25, 0.3) is 11.3 Å². The van der Waals surface area contributed by atoms with Crippen LogP contribution in [0.2, 0.25) is 0 Å². The summed E-state index contributed by atoms with van der Waals surface area (Å²) in [6.07, 6.45) is 4.85. The largest absolute Gasteiger partial charge is 0.269 e. The van der Waals surface area contributed by atoms with Crippen molar-refractivity contribution in [1.29, 1.82) is 0 Å².